The molecule has 0 aliphatic heterocycles. The number of aromatic nitrogens is 3. The van der Waals surface area contributed by atoms with Gasteiger partial charge >= 0.3 is 12.1 Å². The monoisotopic (exact) mass is 546 g/mol. The number of alkyl halides is 3. The molecule has 2 aromatic rings. The summed E-state index contributed by atoms with van der Waals surface area (Å²) in [4.78, 5) is 26.0. The third-order valence-electron chi connectivity index (χ3n) is 5.62. The molecule has 206 valence electrons. The topological polar surface area (TPSA) is 112 Å². The molecule has 1 unspecified atom stereocenters. The van der Waals surface area contributed by atoms with E-state index in [-0.39, 0.29) is 30.5 Å². The zero-order valence-corrected chi connectivity index (χ0v) is 21.8. The van der Waals surface area contributed by atoms with Crippen molar-refractivity contribution >= 4 is 29.2 Å². The van der Waals surface area contributed by atoms with Crippen LogP contribution in [0.2, 0.25) is 5.15 Å². The van der Waals surface area contributed by atoms with Crippen molar-refractivity contribution in [2.75, 3.05) is 50.5 Å². The summed E-state index contributed by atoms with van der Waals surface area (Å²) in [7, 11) is 1.84. The molecule has 0 amide bonds. The highest BCUT2D eigenvalue weighted by Crippen LogP contribution is 2.16. The maximum atomic E-state index is 12.4. The second kappa shape index (κ2) is 15.5. The lowest BCUT2D eigenvalue weighted by Gasteiger charge is -2.24. The van der Waals surface area contributed by atoms with E-state index in [2.05, 4.69) is 38.6 Å². The first-order valence-electron chi connectivity index (χ1n) is 12.1. The fraction of sp³-hybridized carbons (Fsp3) is 0.583. The molecule has 0 bridgehead atoms. The summed E-state index contributed by atoms with van der Waals surface area (Å²) in [6.07, 6.45) is 0.240. The summed E-state index contributed by atoms with van der Waals surface area (Å²) in [5.74, 6) is 0.0561. The number of hydrogen-bond donors (Lipinski definition) is 3. The van der Waals surface area contributed by atoms with E-state index in [9.17, 15) is 23.1 Å². The Balaban J connectivity index is 1.92. The maximum Gasteiger partial charge on any atom is 0.411 e. The average molecular weight is 547 g/mol. The van der Waals surface area contributed by atoms with E-state index in [1.54, 1.807) is 0 Å². The molecule has 0 radical (unpaired) electrons. The van der Waals surface area contributed by atoms with Crippen LogP contribution in [0.4, 0.5) is 24.8 Å². The zero-order chi connectivity index (χ0) is 27.3. The average Bonchev–Trinajstić information content (AvgIpc) is 2.85. The van der Waals surface area contributed by atoms with Crippen LogP contribution in [0.25, 0.3) is 0 Å². The number of pyridine rings is 1. The highest BCUT2D eigenvalue weighted by molar-refractivity contribution is 6.29. The number of unbranched alkanes of at least 4 members (excludes halogenated alkanes) is 1. The minimum Gasteiger partial charge on any atom is -0.480 e. The highest BCUT2D eigenvalue weighted by Gasteiger charge is 2.27. The maximum absolute atomic E-state index is 12.4. The number of aryl methyl sites for hydroxylation is 2. The first-order chi connectivity index (χ1) is 17.6. The number of anilines is 2. The SMILES string of the molecule is CCc1ccc(CCCCN(CCOCC(F)(F)F)CCC(Nc2cc(Cl)ncn2)C(=O)O)nc1NC. The summed E-state index contributed by atoms with van der Waals surface area (Å²) in [6.45, 7) is 1.80. The molecule has 2 aromatic heterocycles. The molecule has 2 rings (SSSR count). The molecule has 37 heavy (non-hydrogen) atoms. The molecule has 0 aliphatic carbocycles. The van der Waals surface area contributed by atoms with Crippen molar-refractivity contribution in [2.24, 2.45) is 0 Å². The number of rotatable bonds is 17. The lowest BCUT2D eigenvalue weighted by Crippen LogP contribution is -2.37. The van der Waals surface area contributed by atoms with Crippen molar-refractivity contribution < 1.29 is 27.8 Å². The van der Waals surface area contributed by atoms with Crippen LogP contribution in [0.15, 0.2) is 24.5 Å². The minimum atomic E-state index is -4.39. The van der Waals surface area contributed by atoms with Gasteiger partial charge < -0.3 is 25.4 Å². The van der Waals surface area contributed by atoms with Gasteiger partial charge in [0.15, 0.2) is 0 Å². The number of halogens is 4. The molecule has 0 saturated heterocycles. The lowest BCUT2D eigenvalue weighted by molar-refractivity contribution is -0.174. The minimum absolute atomic E-state index is 0.113. The van der Waals surface area contributed by atoms with E-state index >= 15 is 0 Å². The predicted octanol–water partition coefficient (Wildman–Crippen LogP) is 4.29. The van der Waals surface area contributed by atoms with Gasteiger partial charge in [-0.2, -0.15) is 13.2 Å². The molecule has 13 heteroatoms. The molecule has 2 heterocycles. The van der Waals surface area contributed by atoms with E-state index < -0.39 is 24.8 Å². The molecule has 3 N–H and O–H groups in total. The molecular formula is C24H34ClF3N6O3. The summed E-state index contributed by atoms with van der Waals surface area (Å²) in [5.41, 5.74) is 2.10. The third kappa shape index (κ3) is 11.9. The van der Waals surface area contributed by atoms with E-state index in [0.717, 1.165) is 42.8 Å². The van der Waals surface area contributed by atoms with Crippen molar-refractivity contribution in [3.05, 3.63) is 40.9 Å². The Morgan fingerprint density at radius 2 is 2.00 bits per heavy atom. The van der Waals surface area contributed by atoms with Gasteiger partial charge in [0.1, 0.15) is 35.8 Å². The van der Waals surface area contributed by atoms with E-state index in [1.807, 2.05) is 18.0 Å². The number of nitrogens with one attached hydrogen (secondary N) is 2. The Hall–Kier alpha value is -2.70. The second-order valence-corrected chi connectivity index (χ2v) is 8.82. The van der Waals surface area contributed by atoms with Gasteiger partial charge in [0, 0.05) is 31.9 Å². The largest absolute Gasteiger partial charge is 0.480 e. The Labute approximate surface area is 219 Å². The normalized spacial score (nSPS) is 12.5. The van der Waals surface area contributed by atoms with Crippen molar-refractivity contribution in [2.45, 2.75) is 51.2 Å². The van der Waals surface area contributed by atoms with Crippen molar-refractivity contribution in [3.8, 4) is 0 Å². The number of ether oxygens (including phenoxy) is 1. The van der Waals surface area contributed by atoms with Crippen LogP contribution >= 0.6 is 11.6 Å². The number of hydrogen-bond acceptors (Lipinski definition) is 8. The van der Waals surface area contributed by atoms with Gasteiger partial charge in [0.25, 0.3) is 0 Å². The Bertz CT molecular complexity index is 983. The number of carboxylic acid groups (broad SMARTS) is 1. The lowest BCUT2D eigenvalue weighted by atomic mass is 10.1. The fourth-order valence-corrected chi connectivity index (χ4v) is 3.83. The van der Waals surface area contributed by atoms with Crippen molar-refractivity contribution in [3.63, 3.8) is 0 Å². The Morgan fingerprint density at radius 1 is 1.22 bits per heavy atom. The van der Waals surface area contributed by atoms with Gasteiger partial charge in [-0.3, -0.25) is 0 Å². The van der Waals surface area contributed by atoms with Crippen LogP contribution in [0.1, 0.15) is 37.4 Å². The van der Waals surface area contributed by atoms with Crippen LogP contribution in [-0.2, 0) is 22.4 Å². The highest BCUT2D eigenvalue weighted by atomic mass is 35.5. The molecule has 1 atom stereocenters. The smallest absolute Gasteiger partial charge is 0.411 e. The van der Waals surface area contributed by atoms with Crippen LogP contribution < -0.4 is 10.6 Å². The summed E-state index contributed by atoms with van der Waals surface area (Å²) in [5, 5.41) is 15.7. The number of nitrogens with zero attached hydrogens (tertiary/aromatic N) is 4. The number of carbonyl (C=O) groups is 1. The van der Waals surface area contributed by atoms with Crippen molar-refractivity contribution in [1.82, 2.24) is 19.9 Å². The van der Waals surface area contributed by atoms with E-state index in [0.29, 0.717) is 13.1 Å². The van der Waals surface area contributed by atoms with Crippen molar-refractivity contribution in [1.29, 1.82) is 0 Å². The summed E-state index contributed by atoms with van der Waals surface area (Å²) < 4.78 is 42.0. The first kappa shape index (κ1) is 30.5. The fourth-order valence-electron chi connectivity index (χ4n) is 3.69. The van der Waals surface area contributed by atoms with Gasteiger partial charge in [-0.25, -0.2) is 19.7 Å². The standard InChI is InChI=1S/C24H34ClF3N6O3/c1-3-17-7-8-18(32-22(17)29-2)6-4-5-10-34(12-13-37-15-24(26,27)28)11-9-19(23(35)36)33-21-14-20(25)30-16-31-21/h7-8,14,16,19H,3-6,9-13,15H2,1-2H3,(H,29,32)(H,35,36)(H,30,31,33). The van der Waals surface area contributed by atoms with E-state index in [1.165, 1.54) is 12.4 Å². The van der Waals surface area contributed by atoms with Crippen LogP contribution in [0, 0.1) is 0 Å². The quantitative estimate of drug-likeness (QED) is 0.197. The molecule has 9 nitrogen and oxygen atoms in total. The zero-order valence-electron chi connectivity index (χ0n) is 21.0. The van der Waals surface area contributed by atoms with Gasteiger partial charge in [-0.05, 0) is 50.3 Å². The molecule has 0 aromatic carbocycles. The summed E-state index contributed by atoms with van der Waals surface area (Å²) in [6, 6.07) is 4.51. The Morgan fingerprint density at radius 3 is 2.65 bits per heavy atom. The van der Waals surface area contributed by atoms with Crippen LogP contribution in [-0.4, -0.2) is 83.0 Å². The third-order valence-corrected chi connectivity index (χ3v) is 5.82. The molecule has 0 saturated carbocycles. The number of aliphatic carboxylic acids is 1. The summed E-state index contributed by atoms with van der Waals surface area (Å²) >= 11 is 5.84. The van der Waals surface area contributed by atoms with Gasteiger partial charge in [0.05, 0.1) is 6.61 Å². The Kier molecular flexibility index (Phi) is 12.8. The van der Waals surface area contributed by atoms with Crippen LogP contribution in [0.3, 0.4) is 0 Å². The van der Waals surface area contributed by atoms with Gasteiger partial charge in [0.2, 0.25) is 0 Å². The van der Waals surface area contributed by atoms with Crippen LogP contribution in [0.5, 0.6) is 0 Å². The molecule has 0 fully saturated rings. The van der Waals surface area contributed by atoms with Gasteiger partial charge in [-0.15, -0.1) is 0 Å². The number of carboxylic acids is 1. The molecular weight excluding hydrogens is 513 g/mol. The second-order valence-electron chi connectivity index (χ2n) is 8.43. The first-order valence-corrected chi connectivity index (χ1v) is 12.5. The van der Waals surface area contributed by atoms with E-state index in [4.69, 9.17) is 16.3 Å². The molecule has 0 aliphatic rings. The predicted molar refractivity (Wildman–Crippen MR) is 136 cm³/mol. The molecule has 0 spiro atoms. The van der Waals surface area contributed by atoms with Gasteiger partial charge in [-0.1, -0.05) is 24.6 Å².